The lowest BCUT2D eigenvalue weighted by atomic mass is 9.62. The molecular weight excluding hydrogens is 1070 g/mol. The fourth-order valence-corrected chi connectivity index (χ4v) is 14.0. The van der Waals surface area contributed by atoms with Crippen LogP contribution in [0, 0.1) is 0 Å². The first-order valence-corrected chi connectivity index (χ1v) is 29.5. The number of rotatable bonds is 8. The van der Waals surface area contributed by atoms with E-state index in [1.807, 2.05) is 164 Å². The van der Waals surface area contributed by atoms with Crippen molar-refractivity contribution in [2.75, 3.05) is 125 Å². The molecule has 8 aromatic rings. The maximum absolute atomic E-state index is 8.00. The third-order valence-electron chi connectivity index (χ3n) is 18.2. The number of benzene rings is 4. The highest BCUT2D eigenvalue weighted by atomic mass is 16.7. The predicted molar refractivity (Wildman–Crippen MR) is 313 cm³/mol. The Balaban J connectivity index is 1.01. The van der Waals surface area contributed by atoms with Crippen LogP contribution in [0.25, 0.3) is 0 Å². The molecule has 8 bridgehead atoms. The second-order valence-corrected chi connectivity index (χ2v) is 22.6. The van der Waals surface area contributed by atoms with Gasteiger partial charge in [0, 0.05) is 76.6 Å². The summed E-state index contributed by atoms with van der Waals surface area (Å²) in [5, 5.41) is 0. The average Bonchev–Trinajstić information content (AvgIpc) is 1.76. The van der Waals surface area contributed by atoms with Gasteiger partial charge in [0.05, 0.1) is 75.6 Å². The fourth-order valence-electron chi connectivity index (χ4n) is 14.0. The summed E-state index contributed by atoms with van der Waals surface area (Å²) in [5.41, 5.74) is 6.20. The van der Waals surface area contributed by atoms with Crippen LogP contribution < -0.4 is 96.6 Å². The summed E-state index contributed by atoms with van der Waals surface area (Å²) in [6, 6.07) is 48.7. The molecule has 4 unspecified atom stereocenters. The molecule has 424 valence electrons. The quantitative estimate of drug-likeness (QED) is 0.201. The number of anilines is 4. The van der Waals surface area contributed by atoms with Gasteiger partial charge in [-0.05, 0) is 21.9 Å². The van der Waals surface area contributed by atoms with Gasteiger partial charge >= 0.3 is 50.3 Å². The topological polar surface area (TPSA) is 139 Å². The number of fused-ring (bicyclic) bond motifs is 8. The summed E-state index contributed by atoms with van der Waals surface area (Å²) in [6.45, 7) is -2.38. The monoisotopic (exact) mass is 1130 g/mol. The van der Waals surface area contributed by atoms with Crippen LogP contribution >= 0.6 is 0 Å². The molecule has 0 aliphatic carbocycles. The third kappa shape index (κ3) is 7.39. The number of pyridine rings is 4. The minimum Gasteiger partial charge on any atom is -0.610 e. The highest BCUT2D eigenvalue weighted by molar-refractivity contribution is 6.79. The molecule has 84 heavy (non-hydrogen) atoms. The number of nitrogens with zero attached hydrogens (tertiary/aromatic N) is 8. The lowest BCUT2D eigenvalue weighted by Gasteiger charge is -2.33. The van der Waals surface area contributed by atoms with Gasteiger partial charge in [0.1, 0.15) is 24.8 Å². The SMILES string of the molecule is c1ccc([B-]23Oc4c(N5CCOCC5)cc[n+](c4O2)[B-]2(c4ccccc4)Oc4c(N5CCOCC5)cc[n+](c4O2)[B-]2(c4ccccc4)Oc4c(N5CCOCC5)cc[n+](c4O2)[B-]2(c4ccccc4)Oc4c(N5CCOCC5)cc[n+]3c4O2)cc1. The van der Waals surface area contributed by atoms with Gasteiger partial charge in [-0.1, -0.05) is 121 Å². The van der Waals surface area contributed by atoms with Gasteiger partial charge in [-0.15, -0.1) is 0 Å². The molecule has 4 saturated heterocycles. The van der Waals surface area contributed by atoms with Crippen molar-refractivity contribution in [3.05, 3.63) is 170 Å². The molecule has 0 amide bonds. The van der Waals surface area contributed by atoms with Crippen molar-refractivity contribution in [1.29, 1.82) is 0 Å². The van der Waals surface area contributed by atoms with Crippen molar-refractivity contribution < 1.29 is 74.1 Å². The molecule has 4 atom stereocenters. The maximum atomic E-state index is 8.00. The van der Waals surface area contributed by atoms with Crippen molar-refractivity contribution in [3.63, 3.8) is 0 Å². The van der Waals surface area contributed by atoms with Gasteiger partial charge in [-0.3, -0.25) is 0 Å². The summed E-state index contributed by atoms with van der Waals surface area (Å²) in [7, 11) is 0. The van der Waals surface area contributed by atoms with Crippen LogP contribution in [0.15, 0.2) is 170 Å². The van der Waals surface area contributed by atoms with E-state index in [4.69, 9.17) is 56.2 Å². The number of aromatic nitrogens is 4. The minimum absolute atomic E-state index is 0.374. The van der Waals surface area contributed by atoms with E-state index >= 15 is 0 Å². The summed E-state index contributed by atoms with van der Waals surface area (Å²) < 4.78 is 95.5. The number of ether oxygens (including phenoxy) is 4. The minimum atomic E-state index is -2.90. The first kappa shape index (κ1) is 49.8. The van der Waals surface area contributed by atoms with Crippen LogP contribution in [0.3, 0.4) is 0 Å². The molecule has 17 rings (SSSR count). The fraction of sp³-hybridized carbons (Fsp3) is 0.267. The number of morpholine rings is 4. The third-order valence-corrected chi connectivity index (χ3v) is 18.2. The van der Waals surface area contributed by atoms with Gasteiger partial charge in [0.25, 0.3) is 0 Å². The number of hydrogen-bond donors (Lipinski definition) is 0. The molecule has 4 fully saturated rings. The summed E-state index contributed by atoms with van der Waals surface area (Å²) in [6.07, 6.45) is 8.05. The van der Waals surface area contributed by atoms with E-state index in [1.54, 1.807) is 0 Å². The Kier molecular flexibility index (Phi) is 11.5. The molecule has 0 spiro atoms. The van der Waals surface area contributed by atoms with Gasteiger partial charge < -0.3 is 93.7 Å². The highest BCUT2D eigenvalue weighted by Gasteiger charge is 2.69. The first-order valence-electron chi connectivity index (χ1n) is 29.5. The van der Waals surface area contributed by atoms with Crippen LogP contribution in [-0.4, -0.2) is 132 Å². The molecule has 0 radical (unpaired) electrons. The second-order valence-electron chi connectivity index (χ2n) is 22.6. The van der Waals surface area contributed by atoms with Crippen molar-refractivity contribution in [1.82, 2.24) is 0 Å². The second kappa shape index (κ2) is 19.4. The van der Waals surface area contributed by atoms with E-state index < -0.39 is 26.7 Å². The van der Waals surface area contributed by atoms with Crippen LogP contribution in [0.5, 0.6) is 46.5 Å². The maximum Gasteiger partial charge on any atom is 0.691 e. The molecular formula is C60H60B4N8O12. The van der Waals surface area contributed by atoms with E-state index in [2.05, 4.69) is 43.9 Å². The molecule has 4 aromatic carbocycles. The van der Waals surface area contributed by atoms with Gasteiger partial charge in [-0.25, -0.2) is 0 Å². The Hall–Kier alpha value is -8.82. The van der Waals surface area contributed by atoms with Gasteiger partial charge in [0.15, 0.2) is 0 Å². The van der Waals surface area contributed by atoms with E-state index in [0.29, 0.717) is 152 Å². The zero-order valence-electron chi connectivity index (χ0n) is 46.3. The first-order chi connectivity index (χ1) is 41.5. The standard InChI is InChI=1S/C60H60B4N8O12/c1-5-13-45(14-6-1)61-69-25-21-50(66-31-39-74-40-32-66)54-57(69)82-63(78-54,47-17-9-3-10-18-47)71-27-23-52(68-35-43-76-44-36-68)56-59(71)84-64(80-56,48-19-11-4-12-20-48)72-28-24-51(67-33-41-75-42-34-67)55-60(72)83-62(79-55,46-15-7-2-8-16-46)70-26-22-49(53(77-61)58(70)81-61)65-29-37-73-38-30-65/h1-28H,29-44H2. The Morgan fingerprint density at radius 3 is 0.655 bits per heavy atom. The molecule has 4 aromatic heterocycles. The van der Waals surface area contributed by atoms with E-state index in [9.17, 15) is 0 Å². The van der Waals surface area contributed by atoms with E-state index in [1.165, 1.54) is 0 Å². The molecule has 0 N–H and O–H groups in total. The molecule has 9 aliphatic heterocycles. The van der Waals surface area contributed by atoms with Crippen LogP contribution in [0.4, 0.5) is 22.7 Å². The summed E-state index contributed by atoms with van der Waals surface area (Å²) in [5.74, 6) is 3.45. The van der Waals surface area contributed by atoms with Crippen LogP contribution in [0.2, 0.25) is 0 Å². The smallest absolute Gasteiger partial charge is 0.610 e. The zero-order valence-corrected chi connectivity index (χ0v) is 46.3. The van der Waals surface area contributed by atoms with Gasteiger partial charge in [0.2, 0.25) is 23.0 Å². The Labute approximate surface area is 485 Å². The number of hydrogen-bond acceptors (Lipinski definition) is 16. The Bertz CT molecular complexity index is 3370. The summed E-state index contributed by atoms with van der Waals surface area (Å²) >= 11 is 0. The van der Waals surface area contributed by atoms with E-state index in [0.717, 1.165) is 44.6 Å². The zero-order chi connectivity index (χ0) is 55.5. The highest BCUT2D eigenvalue weighted by Crippen LogP contribution is 2.51. The Morgan fingerprint density at radius 2 is 0.452 bits per heavy atom. The van der Waals surface area contributed by atoms with Crippen molar-refractivity contribution in [3.8, 4) is 46.5 Å². The predicted octanol–water partition coefficient (Wildman–Crippen LogP) is 1.16. The molecule has 24 heteroatoms. The van der Waals surface area contributed by atoms with E-state index in [-0.39, 0.29) is 0 Å². The Morgan fingerprint density at radius 1 is 0.250 bits per heavy atom. The van der Waals surface area contributed by atoms with Crippen LogP contribution in [0.1, 0.15) is 0 Å². The van der Waals surface area contributed by atoms with Crippen molar-refractivity contribution in [2.24, 2.45) is 0 Å². The normalized spacial score (nSPS) is 25.0. The molecule has 0 saturated carbocycles. The van der Waals surface area contributed by atoms with Gasteiger partial charge in [-0.2, -0.15) is 0 Å². The molecule has 20 nitrogen and oxygen atoms in total. The molecule has 9 aliphatic rings. The average molecular weight is 1130 g/mol. The lowest BCUT2D eigenvalue weighted by Crippen LogP contribution is -2.83. The van der Waals surface area contributed by atoms with Crippen molar-refractivity contribution >= 4 is 71.3 Å². The lowest BCUT2D eigenvalue weighted by molar-refractivity contribution is -0.601. The molecule has 13 heterocycles. The largest absolute Gasteiger partial charge is 0.691 e. The summed E-state index contributed by atoms with van der Waals surface area (Å²) in [4.78, 5) is 9.17. The van der Waals surface area contributed by atoms with Crippen LogP contribution in [-0.2, 0) is 18.9 Å². The van der Waals surface area contributed by atoms with Crippen molar-refractivity contribution in [2.45, 2.75) is 0 Å².